The molecule has 0 aromatic carbocycles. The molecule has 1 spiro atoms. The molecule has 7 aliphatic rings. The number of aliphatic hydroxyl groups excluding tert-OH is 1. The van der Waals surface area contributed by atoms with Crippen LogP contribution in [0.3, 0.4) is 0 Å². The summed E-state index contributed by atoms with van der Waals surface area (Å²) in [5.74, 6) is 1.44. The lowest BCUT2D eigenvalue weighted by Crippen LogP contribution is -2.49. The summed E-state index contributed by atoms with van der Waals surface area (Å²) in [6, 6.07) is 0. The van der Waals surface area contributed by atoms with Crippen molar-refractivity contribution in [2.45, 2.75) is 95.5 Å². The van der Waals surface area contributed by atoms with Crippen LogP contribution >= 0.6 is 0 Å². The van der Waals surface area contributed by atoms with Gasteiger partial charge in [-0.1, -0.05) is 25.2 Å². The first-order chi connectivity index (χ1) is 16.8. The first-order valence-corrected chi connectivity index (χ1v) is 13.4. The summed E-state index contributed by atoms with van der Waals surface area (Å²) < 4.78 is 36.8. The van der Waals surface area contributed by atoms with Crippen LogP contribution in [0.25, 0.3) is 0 Å². The number of aliphatic hydroxyl groups is 1. The Labute approximate surface area is 207 Å². The zero-order valence-electron chi connectivity index (χ0n) is 21.2. The molecule has 4 heterocycles. The molecule has 35 heavy (non-hydrogen) atoms. The molecule has 4 saturated heterocycles. The lowest BCUT2D eigenvalue weighted by atomic mass is 9.54. The van der Waals surface area contributed by atoms with E-state index in [1.54, 1.807) is 7.11 Å². The van der Waals surface area contributed by atoms with Crippen molar-refractivity contribution < 1.29 is 33.5 Å². The van der Waals surface area contributed by atoms with Crippen molar-refractivity contribution >= 4 is 0 Å². The number of allylic oxidation sites excluding steroid dienone is 4. The summed E-state index contributed by atoms with van der Waals surface area (Å²) in [6.07, 6.45) is 10.3. The fourth-order valence-electron chi connectivity index (χ4n) is 8.46. The summed E-state index contributed by atoms with van der Waals surface area (Å²) in [5.41, 5.74) is 2.80. The molecule has 0 amide bonds. The quantitative estimate of drug-likeness (QED) is 0.653. The molecular formula is C28H38O7. The van der Waals surface area contributed by atoms with E-state index in [2.05, 4.69) is 32.1 Å². The fourth-order valence-corrected chi connectivity index (χ4v) is 8.46. The predicted molar refractivity (Wildman–Crippen MR) is 126 cm³/mol. The summed E-state index contributed by atoms with van der Waals surface area (Å²) in [5, 5.41) is 10.3. The predicted octanol–water partition coefficient (Wildman–Crippen LogP) is 3.62. The molecule has 0 radical (unpaired) electrons. The fraction of sp³-hybridized carbons (Fsp3) is 0.786. The van der Waals surface area contributed by atoms with Gasteiger partial charge < -0.3 is 33.5 Å². The van der Waals surface area contributed by atoms with Crippen LogP contribution < -0.4 is 0 Å². The molecule has 0 saturated carbocycles. The van der Waals surface area contributed by atoms with E-state index in [0.717, 1.165) is 25.7 Å². The first kappa shape index (κ1) is 22.9. The second-order valence-corrected chi connectivity index (χ2v) is 12.1. The molecule has 0 bridgehead atoms. The van der Waals surface area contributed by atoms with E-state index in [9.17, 15) is 5.11 Å². The standard InChI is InChI=1S/C28H38O7/c1-15-23(29)20(30-4)12-22(33-15)34-17-7-9-26(2)16(11-17)5-6-18-19(26)8-10-28-14-32-27(3)24(28)21(13-31-27)35-25(18)28/h5-6,11,15,17,19-24,29H,7-10,12-14H2,1-4H3/t15-,17+,19+,20-,21-,22+,23-,24?,26+,27-,28+/m1/s1. The van der Waals surface area contributed by atoms with E-state index in [-0.39, 0.29) is 41.5 Å². The number of ether oxygens (including phenoxy) is 6. The molecule has 11 atom stereocenters. The minimum Gasteiger partial charge on any atom is -0.491 e. The Morgan fingerprint density at radius 3 is 2.80 bits per heavy atom. The van der Waals surface area contributed by atoms with Crippen LogP contribution in [0.2, 0.25) is 0 Å². The van der Waals surface area contributed by atoms with E-state index in [4.69, 9.17) is 28.4 Å². The van der Waals surface area contributed by atoms with Crippen LogP contribution in [-0.4, -0.2) is 68.0 Å². The van der Waals surface area contributed by atoms with Crippen molar-refractivity contribution in [3.05, 3.63) is 35.1 Å². The average Bonchev–Trinajstić information content (AvgIpc) is 3.46. The van der Waals surface area contributed by atoms with E-state index >= 15 is 0 Å². The maximum Gasteiger partial charge on any atom is 0.173 e. The maximum atomic E-state index is 10.3. The number of rotatable bonds is 3. The van der Waals surface area contributed by atoms with Gasteiger partial charge in [-0.2, -0.15) is 0 Å². The van der Waals surface area contributed by atoms with E-state index in [1.165, 1.54) is 16.9 Å². The van der Waals surface area contributed by atoms with E-state index in [0.29, 0.717) is 31.5 Å². The summed E-state index contributed by atoms with van der Waals surface area (Å²) in [4.78, 5) is 0. The van der Waals surface area contributed by atoms with Gasteiger partial charge in [-0.25, -0.2) is 0 Å². The molecule has 4 aliphatic heterocycles. The Morgan fingerprint density at radius 1 is 1.11 bits per heavy atom. The number of methoxy groups -OCH3 is 1. The minimum absolute atomic E-state index is 0.0000131. The zero-order valence-corrected chi connectivity index (χ0v) is 21.2. The molecule has 1 N–H and O–H groups in total. The third-order valence-corrected chi connectivity index (χ3v) is 10.4. The molecule has 0 aromatic rings. The SMILES string of the molecule is CO[C@@H]1C[C@H](O[C@@H]2C=C3C=CC4=C5O[C@@H]6CO[C@]7(C)OC[C@@]5(CC[C@@H]4[C@@]3(C)CC2)C67)O[C@H](C)[C@H]1O. The highest BCUT2D eigenvalue weighted by molar-refractivity contribution is 5.48. The summed E-state index contributed by atoms with van der Waals surface area (Å²) in [6.45, 7) is 7.73. The smallest absolute Gasteiger partial charge is 0.173 e. The summed E-state index contributed by atoms with van der Waals surface area (Å²) in [7, 11) is 1.64. The highest BCUT2D eigenvalue weighted by Gasteiger charge is 2.72. The Bertz CT molecular complexity index is 1000. The van der Waals surface area contributed by atoms with Crippen LogP contribution in [0.4, 0.5) is 0 Å². The van der Waals surface area contributed by atoms with Crippen LogP contribution in [0.15, 0.2) is 35.1 Å². The number of hydrogen-bond donors (Lipinski definition) is 1. The number of fused-ring (bicyclic) bond motifs is 3. The van der Waals surface area contributed by atoms with Crippen LogP contribution in [0.5, 0.6) is 0 Å². The van der Waals surface area contributed by atoms with E-state index < -0.39 is 11.9 Å². The van der Waals surface area contributed by atoms with Gasteiger partial charge in [-0.15, -0.1) is 0 Å². The van der Waals surface area contributed by atoms with Crippen LogP contribution in [-0.2, 0) is 28.4 Å². The Balaban J connectivity index is 1.16. The van der Waals surface area contributed by atoms with Gasteiger partial charge in [0.15, 0.2) is 12.1 Å². The molecule has 7 rings (SSSR count). The van der Waals surface area contributed by atoms with Gasteiger partial charge in [0.25, 0.3) is 0 Å². The largest absolute Gasteiger partial charge is 0.491 e. The molecule has 4 fully saturated rings. The first-order valence-electron chi connectivity index (χ1n) is 13.4. The lowest BCUT2D eigenvalue weighted by Gasteiger charge is -2.50. The Kier molecular flexibility index (Phi) is 5.01. The Hall–Kier alpha value is -1.22. The average molecular weight is 487 g/mol. The normalized spacial score (nSPS) is 54.0. The molecule has 3 aliphatic carbocycles. The highest BCUT2D eigenvalue weighted by atomic mass is 16.7. The van der Waals surface area contributed by atoms with E-state index in [1.807, 2.05) is 6.92 Å². The van der Waals surface area contributed by atoms with Gasteiger partial charge in [0.05, 0.1) is 42.9 Å². The third-order valence-electron chi connectivity index (χ3n) is 10.4. The van der Waals surface area contributed by atoms with Crippen molar-refractivity contribution in [3.63, 3.8) is 0 Å². The topological polar surface area (TPSA) is 75.6 Å². The van der Waals surface area contributed by atoms with Gasteiger partial charge in [0.1, 0.15) is 18.0 Å². The molecule has 7 nitrogen and oxygen atoms in total. The lowest BCUT2D eigenvalue weighted by molar-refractivity contribution is -0.259. The van der Waals surface area contributed by atoms with Crippen LogP contribution in [0, 0.1) is 22.7 Å². The second kappa shape index (κ2) is 7.65. The van der Waals surface area contributed by atoms with Crippen molar-refractivity contribution in [3.8, 4) is 0 Å². The van der Waals surface area contributed by atoms with Gasteiger partial charge in [0.2, 0.25) is 0 Å². The maximum absolute atomic E-state index is 10.3. The molecule has 0 aromatic heterocycles. The molecule has 7 heteroatoms. The van der Waals surface area contributed by atoms with Crippen LogP contribution in [0.1, 0.15) is 52.9 Å². The van der Waals surface area contributed by atoms with Crippen molar-refractivity contribution in [2.24, 2.45) is 22.7 Å². The minimum atomic E-state index is -0.623. The second-order valence-electron chi connectivity index (χ2n) is 12.1. The van der Waals surface area contributed by atoms with Gasteiger partial charge in [-0.3, -0.25) is 0 Å². The Morgan fingerprint density at radius 2 is 1.97 bits per heavy atom. The van der Waals surface area contributed by atoms with Crippen molar-refractivity contribution in [1.82, 2.24) is 0 Å². The number of hydrogen-bond acceptors (Lipinski definition) is 7. The van der Waals surface area contributed by atoms with Gasteiger partial charge >= 0.3 is 0 Å². The zero-order chi connectivity index (χ0) is 24.2. The molecular weight excluding hydrogens is 448 g/mol. The highest BCUT2D eigenvalue weighted by Crippen LogP contribution is 2.68. The third kappa shape index (κ3) is 3.06. The monoisotopic (exact) mass is 486 g/mol. The molecule has 192 valence electrons. The van der Waals surface area contributed by atoms with Gasteiger partial charge in [0, 0.05) is 13.5 Å². The van der Waals surface area contributed by atoms with Crippen molar-refractivity contribution in [2.75, 3.05) is 20.3 Å². The van der Waals surface area contributed by atoms with Gasteiger partial charge in [-0.05, 0) is 62.0 Å². The summed E-state index contributed by atoms with van der Waals surface area (Å²) >= 11 is 0. The van der Waals surface area contributed by atoms with Crippen molar-refractivity contribution in [1.29, 1.82) is 0 Å². The molecule has 1 unspecified atom stereocenters.